The molecule has 0 saturated heterocycles. The van der Waals surface area contributed by atoms with Gasteiger partial charge in [-0.2, -0.15) is 0 Å². The maximum absolute atomic E-state index is 13.1. The fraction of sp³-hybridized carbons (Fsp3) is 0.0385. The van der Waals surface area contributed by atoms with Crippen molar-refractivity contribution in [1.82, 2.24) is 4.98 Å². The van der Waals surface area contributed by atoms with Crippen LogP contribution in [0, 0.1) is 6.57 Å². The molecule has 2 N–H and O–H groups in total. The molecular weight excluding hydrogens is 420 g/mol. The lowest BCUT2D eigenvalue weighted by Crippen LogP contribution is -2.14. The first kappa shape index (κ1) is 21.4. The standard InChI is InChI=1S/C26H16N2O5/c1-27-20(26(32)33)10-4-2-3-7-15-11-12-17-18(13-15)25(31)22(24(17)30)23-21(29)14-16-8-5-6-9-19(16)28-23/h2-14,22,29H,(H,32,33)/b4-2?,7-3+,20-10?. The molecule has 0 spiro atoms. The van der Waals surface area contributed by atoms with Gasteiger partial charge in [0.15, 0.2) is 11.6 Å². The van der Waals surface area contributed by atoms with Gasteiger partial charge >= 0.3 is 5.97 Å². The highest BCUT2D eigenvalue weighted by Gasteiger charge is 2.42. The van der Waals surface area contributed by atoms with Gasteiger partial charge < -0.3 is 10.2 Å². The number of aromatic nitrogens is 1. The summed E-state index contributed by atoms with van der Waals surface area (Å²) < 4.78 is 0. The number of carboxylic acid groups (broad SMARTS) is 1. The van der Waals surface area contributed by atoms with E-state index in [9.17, 15) is 19.5 Å². The minimum Gasteiger partial charge on any atom is -0.506 e. The fourth-order valence-corrected chi connectivity index (χ4v) is 3.63. The molecule has 4 rings (SSSR count). The number of rotatable bonds is 5. The number of hydrogen-bond donors (Lipinski definition) is 2. The van der Waals surface area contributed by atoms with E-state index in [1.54, 1.807) is 60.7 Å². The molecule has 3 aromatic rings. The van der Waals surface area contributed by atoms with Gasteiger partial charge in [-0.25, -0.2) is 9.83 Å². The number of pyridine rings is 1. The summed E-state index contributed by atoms with van der Waals surface area (Å²) in [6, 6.07) is 13.5. The molecule has 0 amide bonds. The van der Waals surface area contributed by atoms with Gasteiger partial charge in [-0.3, -0.25) is 14.4 Å². The summed E-state index contributed by atoms with van der Waals surface area (Å²) in [4.78, 5) is 44.1. The van der Waals surface area contributed by atoms with Crippen molar-refractivity contribution in [3.63, 3.8) is 0 Å². The van der Waals surface area contributed by atoms with Crippen LogP contribution in [0.2, 0.25) is 0 Å². The summed E-state index contributed by atoms with van der Waals surface area (Å²) in [6.07, 6.45) is 7.45. The van der Waals surface area contributed by atoms with Crippen molar-refractivity contribution >= 4 is 34.5 Å². The molecule has 0 saturated carbocycles. The maximum atomic E-state index is 13.1. The Labute approximate surface area is 188 Å². The zero-order valence-electron chi connectivity index (χ0n) is 17.1. The third-order valence-corrected chi connectivity index (χ3v) is 5.21. The largest absolute Gasteiger partial charge is 0.506 e. The van der Waals surface area contributed by atoms with Crippen molar-refractivity contribution in [2.45, 2.75) is 5.92 Å². The lowest BCUT2D eigenvalue weighted by molar-refractivity contribution is -0.132. The molecule has 7 nitrogen and oxygen atoms in total. The van der Waals surface area contributed by atoms with Gasteiger partial charge in [0.05, 0.1) is 12.1 Å². The van der Waals surface area contributed by atoms with Crippen molar-refractivity contribution in [2.24, 2.45) is 0 Å². The molecule has 1 unspecified atom stereocenters. The summed E-state index contributed by atoms with van der Waals surface area (Å²) in [5.41, 5.74) is 1.41. The molecule has 33 heavy (non-hydrogen) atoms. The molecule has 7 heteroatoms. The summed E-state index contributed by atoms with van der Waals surface area (Å²) in [7, 11) is 0. The molecule has 1 aliphatic rings. The van der Waals surface area contributed by atoms with Crippen molar-refractivity contribution in [3.8, 4) is 5.75 Å². The Morgan fingerprint density at radius 1 is 1.00 bits per heavy atom. The van der Waals surface area contributed by atoms with Gasteiger partial charge in [0, 0.05) is 16.5 Å². The van der Waals surface area contributed by atoms with E-state index in [1.807, 2.05) is 0 Å². The number of fused-ring (bicyclic) bond motifs is 2. The Morgan fingerprint density at radius 3 is 2.52 bits per heavy atom. The van der Waals surface area contributed by atoms with E-state index >= 15 is 0 Å². The number of hydrogen-bond acceptors (Lipinski definition) is 5. The van der Waals surface area contributed by atoms with Crippen LogP contribution < -0.4 is 0 Å². The van der Waals surface area contributed by atoms with E-state index in [0.29, 0.717) is 16.5 Å². The summed E-state index contributed by atoms with van der Waals surface area (Å²) in [6.45, 7) is 6.79. The molecule has 1 heterocycles. The van der Waals surface area contributed by atoms with Crippen LogP contribution in [-0.2, 0) is 4.79 Å². The summed E-state index contributed by atoms with van der Waals surface area (Å²) in [5, 5.41) is 20.0. The van der Waals surface area contributed by atoms with Crippen LogP contribution in [0.25, 0.3) is 21.8 Å². The number of carbonyl (C=O) groups is 3. The molecule has 1 aromatic heterocycles. The Kier molecular flexibility index (Phi) is 5.66. The van der Waals surface area contributed by atoms with Crippen LogP contribution in [0.1, 0.15) is 37.9 Å². The van der Waals surface area contributed by atoms with Crippen LogP contribution >= 0.6 is 0 Å². The second-order valence-electron chi connectivity index (χ2n) is 7.26. The van der Waals surface area contributed by atoms with Crippen molar-refractivity contribution in [1.29, 1.82) is 0 Å². The van der Waals surface area contributed by atoms with Crippen molar-refractivity contribution < 1.29 is 24.6 Å². The topological polar surface area (TPSA) is 109 Å². The lowest BCUT2D eigenvalue weighted by Gasteiger charge is -2.10. The monoisotopic (exact) mass is 436 g/mol. The molecular formula is C26H16N2O5. The third kappa shape index (κ3) is 4.05. The van der Waals surface area contributed by atoms with E-state index in [2.05, 4.69) is 9.83 Å². The van der Waals surface area contributed by atoms with Crippen LogP contribution in [-0.4, -0.2) is 32.7 Å². The van der Waals surface area contributed by atoms with E-state index in [1.165, 1.54) is 18.2 Å². The molecule has 1 atom stereocenters. The van der Waals surface area contributed by atoms with E-state index in [0.717, 1.165) is 0 Å². The number of para-hydroxylation sites is 1. The average molecular weight is 436 g/mol. The first-order valence-electron chi connectivity index (χ1n) is 9.87. The second-order valence-corrected chi connectivity index (χ2v) is 7.26. The van der Waals surface area contributed by atoms with Crippen LogP contribution in [0.3, 0.4) is 0 Å². The maximum Gasteiger partial charge on any atom is 0.333 e. The smallest absolute Gasteiger partial charge is 0.333 e. The molecule has 0 aliphatic heterocycles. The van der Waals surface area contributed by atoms with E-state index in [-0.39, 0.29) is 22.6 Å². The number of nitrogens with zero attached hydrogens (tertiary/aromatic N) is 2. The van der Waals surface area contributed by atoms with Crippen molar-refractivity contribution in [3.05, 3.63) is 112 Å². The van der Waals surface area contributed by atoms with E-state index in [4.69, 9.17) is 11.7 Å². The molecule has 160 valence electrons. The Bertz CT molecular complexity index is 1460. The van der Waals surface area contributed by atoms with Gasteiger partial charge in [-0.05, 0) is 29.8 Å². The third-order valence-electron chi connectivity index (χ3n) is 5.21. The zero-order valence-corrected chi connectivity index (χ0v) is 17.1. The second kappa shape index (κ2) is 8.73. The molecule has 1 aliphatic carbocycles. The first-order chi connectivity index (χ1) is 15.9. The average Bonchev–Trinajstić information content (AvgIpc) is 3.05. The lowest BCUT2D eigenvalue weighted by atomic mass is 9.97. The number of allylic oxidation sites excluding steroid dienone is 4. The summed E-state index contributed by atoms with van der Waals surface area (Å²) in [5.74, 6) is -3.54. The predicted octanol–water partition coefficient (Wildman–Crippen LogP) is 4.56. The van der Waals surface area contributed by atoms with E-state index < -0.39 is 29.2 Å². The highest BCUT2D eigenvalue weighted by atomic mass is 16.4. The SMILES string of the molecule is [C-]#[N+]C(=CC=C/C=C/c1ccc2c(c1)C(=O)C(c1nc3ccccc3cc1O)C2=O)C(=O)O. The van der Waals surface area contributed by atoms with Gasteiger partial charge in [0.1, 0.15) is 17.4 Å². The number of benzene rings is 2. The number of ketones is 2. The number of Topliss-reactive ketones (excluding diaryl/α,β-unsaturated/α-hetero) is 2. The van der Waals surface area contributed by atoms with Gasteiger partial charge in [-0.1, -0.05) is 54.6 Å². The minimum absolute atomic E-state index is 0.0424. The zero-order chi connectivity index (χ0) is 23.5. The van der Waals surface area contributed by atoms with Gasteiger partial charge in [0.25, 0.3) is 5.70 Å². The number of carboxylic acids is 1. The highest BCUT2D eigenvalue weighted by Crippen LogP contribution is 2.38. The minimum atomic E-state index is -1.30. The molecule has 0 radical (unpaired) electrons. The first-order valence-corrected chi connectivity index (χ1v) is 9.87. The molecule has 2 aromatic carbocycles. The number of carbonyl (C=O) groups excluding carboxylic acids is 2. The van der Waals surface area contributed by atoms with Crippen molar-refractivity contribution in [2.75, 3.05) is 0 Å². The van der Waals surface area contributed by atoms with Crippen LogP contribution in [0.4, 0.5) is 0 Å². The predicted molar refractivity (Wildman–Crippen MR) is 122 cm³/mol. The molecule has 0 fully saturated rings. The Balaban J connectivity index is 1.61. The summed E-state index contributed by atoms with van der Waals surface area (Å²) >= 11 is 0. The van der Waals surface area contributed by atoms with Crippen LogP contribution in [0.5, 0.6) is 5.75 Å². The number of aliphatic carboxylic acids is 1. The Hall–Kier alpha value is -4.83. The van der Waals surface area contributed by atoms with Gasteiger partial charge in [-0.15, -0.1) is 0 Å². The number of aromatic hydroxyl groups is 1. The fourth-order valence-electron chi connectivity index (χ4n) is 3.63. The van der Waals surface area contributed by atoms with Gasteiger partial charge in [0.2, 0.25) is 0 Å². The van der Waals surface area contributed by atoms with Crippen LogP contribution in [0.15, 0.2) is 78.5 Å². The normalized spacial score (nSPS) is 16.0. The quantitative estimate of drug-likeness (QED) is 0.263. The Morgan fingerprint density at radius 2 is 1.76 bits per heavy atom. The molecule has 0 bridgehead atoms. The highest BCUT2D eigenvalue weighted by molar-refractivity contribution is 6.30.